The van der Waals surface area contributed by atoms with Crippen molar-refractivity contribution in [3.05, 3.63) is 48.0 Å². The van der Waals surface area contributed by atoms with Gasteiger partial charge in [0.05, 0.1) is 31.4 Å². The molecule has 7 nitrogen and oxygen atoms in total. The summed E-state index contributed by atoms with van der Waals surface area (Å²) in [6, 6.07) is 12.5. The Hall–Kier alpha value is -3.22. The van der Waals surface area contributed by atoms with Crippen LogP contribution in [0.2, 0.25) is 0 Å². The molecule has 0 radical (unpaired) electrons. The minimum atomic E-state index is -0.864. The van der Waals surface area contributed by atoms with Crippen molar-refractivity contribution in [2.45, 2.75) is 39.3 Å². The first kappa shape index (κ1) is 20.5. The van der Waals surface area contributed by atoms with Gasteiger partial charge in [-0.05, 0) is 50.6 Å². The normalized spacial score (nSPS) is 16.1. The summed E-state index contributed by atoms with van der Waals surface area (Å²) in [5, 5.41) is 5.68. The number of carbonyl (C=O) groups excluding carboxylic acids is 2. The molecule has 0 aromatic heterocycles. The zero-order chi connectivity index (χ0) is 20.8. The van der Waals surface area contributed by atoms with Crippen LogP contribution >= 0.6 is 0 Å². The summed E-state index contributed by atoms with van der Waals surface area (Å²) in [5.74, 6) is 1.27. The Labute approximate surface area is 170 Å². The van der Waals surface area contributed by atoms with E-state index in [4.69, 9.17) is 14.2 Å². The first-order chi connectivity index (χ1) is 14.0. The fraction of sp³-hybridized carbons (Fsp3) is 0.364. The lowest BCUT2D eigenvalue weighted by Gasteiger charge is -2.26. The van der Waals surface area contributed by atoms with Crippen molar-refractivity contribution < 1.29 is 23.8 Å². The van der Waals surface area contributed by atoms with E-state index in [2.05, 4.69) is 10.6 Å². The van der Waals surface area contributed by atoms with Crippen LogP contribution in [0.4, 0.5) is 5.69 Å². The Morgan fingerprint density at radius 3 is 2.62 bits per heavy atom. The number of benzene rings is 2. The maximum absolute atomic E-state index is 12.5. The fourth-order valence-electron chi connectivity index (χ4n) is 3.12. The molecule has 2 aromatic carbocycles. The van der Waals surface area contributed by atoms with E-state index in [1.165, 1.54) is 0 Å². The lowest BCUT2D eigenvalue weighted by molar-refractivity contribution is -0.130. The van der Waals surface area contributed by atoms with E-state index < -0.39 is 6.10 Å². The van der Waals surface area contributed by atoms with E-state index >= 15 is 0 Å². The van der Waals surface area contributed by atoms with Crippen molar-refractivity contribution in [2.75, 3.05) is 18.5 Å². The van der Waals surface area contributed by atoms with Crippen molar-refractivity contribution in [3.8, 4) is 17.2 Å². The minimum absolute atomic E-state index is 0.0696. The highest BCUT2D eigenvalue weighted by Crippen LogP contribution is 2.31. The molecule has 1 aliphatic rings. The molecule has 2 amide bonds. The van der Waals surface area contributed by atoms with Crippen LogP contribution in [0.3, 0.4) is 0 Å². The van der Waals surface area contributed by atoms with Gasteiger partial charge in [-0.15, -0.1) is 0 Å². The zero-order valence-corrected chi connectivity index (χ0v) is 16.9. The predicted molar refractivity (Wildman–Crippen MR) is 109 cm³/mol. The third-order valence-electron chi connectivity index (χ3n) is 4.52. The molecule has 0 saturated carbocycles. The van der Waals surface area contributed by atoms with E-state index in [0.717, 1.165) is 5.56 Å². The number of ether oxygens (including phenoxy) is 3. The van der Waals surface area contributed by atoms with Crippen LogP contribution in [0.15, 0.2) is 42.5 Å². The van der Waals surface area contributed by atoms with Gasteiger partial charge in [0.15, 0.2) is 17.6 Å². The van der Waals surface area contributed by atoms with Gasteiger partial charge >= 0.3 is 0 Å². The second-order valence-corrected chi connectivity index (χ2v) is 6.66. The molecule has 0 fully saturated rings. The highest BCUT2D eigenvalue weighted by Gasteiger charge is 2.30. The number of para-hydroxylation sites is 2. The Balaban J connectivity index is 1.63. The minimum Gasteiger partial charge on any atom is -0.490 e. The van der Waals surface area contributed by atoms with Gasteiger partial charge < -0.3 is 24.8 Å². The number of fused-ring (bicyclic) bond motifs is 1. The Kier molecular flexibility index (Phi) is 6.59. The Bertz CT molecular complexity index is 883. The van der Waals surface area contributed by atoms with Gasteiger partial charge in [0.1, 0.15) is 5.75 Å². The van der Waals surface area contributed by atoms with Crippen LogP contribution in [0.1, 0.15) is 38.8 Å². The first-order valence-corrected chi connectivity index (χ1v) is 9.77. The molecule has 3 rings (SSSR count). The van der Waals surface area contributed by atoms with E-state index in [1.807, 2.05) is 51.1 Å². The van der Waals surface area contributed by atoms with Crippen LogP contribution in [0, 0.1) is 0 Å². The van der Waals surface area contributed by atoms with Crippen LogP contribution in [-0.2, 0) is 9.59 Å². The molecular weight excluding hydrogens is 372 g/mol. The zero-order valence-electron chi connectivity index (χ0n) is 16.9. The van der Waals surface area contributed by atoms with Crippen LogP contribution in [0.25, 0.3) is 0 Å². The Morgan fingerprint density at radius 1 is 1.14 bits per heavy atom. The quantitative estimate of drug-likeness (QED) is 0.711. The van der Waals surface area contributed by atoms with E-state index in [1.54, 1.807) is 12.1 Å². The van der Waals surface area contributed by atoms with Gasteiger partial charge in [-0.1, -0.05) is 18.2 Å². The topological polar surface area (TPSA) is 85.9 Å². The van der Waals surface area contributed by atoms with Crippen LogP contribution in [-0.4, -0.2) is 31.1 Å². The largest absolute Gasteiger partial charge is 0.490 e. The number of nitrogens with one attached hydrogen (secondary N) is 2. The van der Waals surface area contributed by atoms with Gasteiger partial charge in [-0.25, -0.2) is 0 Å². The average Bonchev–Trinajstić information content (AvgIpc) is 2.70. The van der Waals surface area contributed by atoms with E-state index in [-0.39, 0.29) is 24.3 Å². The number of hydrogen-bond acceptors (Lipinski definition) is 5. The van der Waals surface area contributed by atoms with Crippen molar-refractivity contribution in [3.63, 3.8) is 0 Å². The summed E-state index contributed by atoms with van der Waals surface area (Å²) in [7, 11) is 0. The fourth-order valence-corrected chi connectivity index (χ4v) is 3.12. The summed E-state index contributed by atoms with van der Waals surface area (Å²) in [6.07, 6.45) is -0.934. The molecule has 2 atom stereocenters. The lowest BCUT2D eigenvalue weighted by Crippen LogP contribution is -2.41. The third-order valence-corrected chi connectivity index (χ3v) is 4.52. The molecule has 0 saturated heterocycles. The summed E-state index contributed by atoms with van der Waals surface area (Å²) >= 11 is 0. The number of rotatable bonds is 8. The highest BCUT2D eigenvalue weighted by atomic mass is 16.5. The molecular formula is C22H26N2O5. The lowest BCUT2D eigenvalue weighted by atomic mass is 10.1. The number of anilines is 1. The molecule has 2 N–H and O–H groups in total. The maximum atomic E-state index is 12.5. The van der Waals surface area contributed by atoms with Crippen molar-refractivity contribution in [1.29, 1.82) is 0 Å². The number of hydrogen-bond donors (Lipinski definition) is 2. The van der Waals surface area contributed by atoms with Gasteiger partial charge in [-0.3, -0.25) is 9.59 Å². The SMILES string of the molecule is CCOc1ccc([C@H](C)NC(=O)C[C@@H]2Oc3ccccc3NC2=O)cc1OCC. The molecule has 29 heavy (non-hydrogen) atoms. The molecule has 0 unspecified atom stereocenters. The first-order valence-electron chi connectivity index (χ1n) is 9.77. The van der Waals surface area contributed by atoms with Crippen LogP contribution in [0.5, 0.6) is 17.2 Å². The highest BCUT2D eigenvalue weighted by molar-refractivity contribution is 5.99. The second-order valence-electron chi connectivity index (χ2n) is 6.66. The Morgan fingerprint density at radius 2 is 1.86 bits per heavy atom. The van der Waals surface area contributed by atoms with Crippen LogP contribution < -0.4 is 24.8 Å². The predicted octanol–water partition coefficient (Wildman–Crippen LogP) is 3.45. The smallest absolute Gasteiger partial charge is 0.266 e. The molecule has 2 aromatic rings. The maximum Gasteiger partial charge on any atom is 0.266 e. The number of amides is 2. The molecule has 154 valence electrons. The summed E-state index contributed by atoms with van der Waals surface area (Å²) in [6.45, 7) is 6.74. The van der Waals surface area contributed by atoms with Gasteiger partial charge in [0.25, 0.3) is 5.91 Å². The molecule has 0 aliphatic carbocycles. The molecule has 0 spiro atoms. The molecule has 7 heteroatoms. The molecule has 0 bridgehead atoms. The monoisotopic (exact) mass is 398 g/mol. The van der Waals surface area contributed by atoms with Crippen molar-refractivity contribution in [1.82, 2.24) is 5.32 Å². The van der Waals surface area contributed by atoms with Crippen molar-refractivity contribution in [2.24, 2.45) is 0 Å². The number of carbonyl (C=O) groups is 2. The second kappa shape index (κ2) is 9.32. The average molecular weight is 398 g/mol. The molecule has 1 heterocycles. The van der Waals surface area contributed by atoms with E-state index in [9.17, 15) is 9.59 Å². The standard InChI is InChI=1S/C22H26N2O5/c1-4-27-18-11-10-15(12-19(18)28-5-2)14(3)23-21(25)13-20-22(26)24-16-8-6-7-9-17(16)29-20/h6-12,14,20H,4-5,13H2,1-3H3,(H,23,25)(H,24,26)/t14-,20-/m0/s1. The van der Waals surface area contributed by atoms with Gasteiger partial charge in [0.2, 0.25) is 5.91 Å². The third kappa shape index (κ3) is 4.99. The summed E-state index contributed by atoms with van der Waals surface area (Å²) < 4.78 is 16.9. The summed E-state index contributed by atoms with van der Waals surface area (Å²) in [5.41, 5.74) is 1.49. The van der Waals surface area contributed by atoms with Crippen molar-refractivity contribution >= 4 is 17.5 Å². The van der Waals surface area contributed by atoms with Gasteiger partial charge in [-0.2, -0.15) is 0 Å². The summed E-state index contributed by atoms with van der Waals surface area (Å²) in [4.78, 5) is 24.7. The van der Waals surface area contributed by atoms with E-state index in [0.29, 0.717) is 36.1 Å². The van der Waals surface area contributed by atoms with Gasteiger partial charge in [0, 0.05) is 0 Å². The molecule has 1 aliphatic heterocycles.